The molecule has 0 aromatic carbocycles. The quantitative estimate of drug-likeness (QED) is 0.858. The Balaban J connectivity index is 1.94. The van der Waals surface area contributed by atoms with Crippen molar-refractivity contribution in [2.24, 2.45) is 11.8 Å². The van der Waals surface area contributed by atoms with Crippen molar-refractivity contribution in [3.05, 3.63) is 24.0 Å². The lowest BCUT2D eigenvalue weighted by atomic mass is 10.3. The number of anilines is 1. The van der Waals surface area contributed by atoms with Gasteiger partial charge in [0.05, 0.1) is 0 Å². The van der Waals surface area contributed by atoms with E-state index in [-0.39, 0.29) is 12.3 Å². The lowest BCUT2D eigenvalue weighted by Crippen LogP contribution is -2.16. The molecule has 0 unspecified atom stereocenters. The molecular formula is C11H12F2N2O. The van der Waals surface area contributed by atoms with Crippen LogP contribution in [0.25, 0.3) is 0 Å². The van der Waals surface area contributed by atoms with E-state index in [1.807, 2.05) is 0 Å². The summed E-state index contributed by atoms with van der Waals surface area (Å²) in [7, 11) is 0. The highest BCUT2D eigenvalue weighted by molar-refractivity contribution is 5.94. The number of hydrogen-bond donors (Lipinski definition) is 1. The van der Waals surface area contributed by atoms with E-state index in [4.69, 9.17) is 0 Å². The second kappa shape index (κ2) is 4.15. The minimum Gasteiger partial charge on any atom is -0.326 e. The van der Waals surface area contributed by atoms with Crippen molar-refractivity contribution in [2.45, 2.75) is 19.8 Å². The van der Waals surface area contributed by atoms with Crippen molar-refractivity contribution in [1.82, 2.24) is 4.98 Å². The number of alkyl halides is 2. The summed E-state index contributed by atoms with van der Waals surface area (Å²) < 4.78 is 24.5. The molecule has 0 radical (unpaired) electrons. The highest BCUT2D eigenvalue weighted by Gasteiger charge is 2.48. The number of nitrogens with zero attached hydrogens (tertiary/aromatic N) is 1. The van der Waals surface area contributed by atoms with Crippen molar-refractivity contribution in [2.75, 3.05) is 5.32 Å². The maximum Gasteiger partial charge on any atom is 0.242 e. The topological polar surface area (TPSA) is 42.0 Å². The van der Waals surface area contributed by atoms with Crippen LogP contribution in [0.5, 0.6) is 0 Å². The minimum atomic E-state index is -2.39. The number of amides is 1. The van der Waals surface area contributed by atoms with E-state index in [2.05, 4.69) is 10.3 Å². The van der Waals surface area contributed by atoms with Crippen molar-refractivity contribution in [3.63, 3.8) is 0 Å². The number of aromatic nitrogens is 1. The molecule has 0 bridgehead atoms. The van der Waals surface area contributed by atoms with Crippen LogP contribution in [0.15, 0.2) is 18.3 Å². The minimum absolute atomic E-state index is 0.285. The van der Waals surface area contributed by atoms with Gasteiger partial charge in [-0.25, -0.2) is 8.78 Å². The second-order valence-electron chi connectivity index (χ2n) is 4.02. The van der Waals surface area contributed by atoms with E-state index in [0.29, 0.717) is 5.69 Å². The number of halogens is 2. The molecule has 1 aromatic heterocycles. The molecule has 1 aliphatic carbocycles. The fraction of sp³-hybridized carbons (Fsp3) is 0.455. The summed E-state index contributed by atoms with van der Waals surface area (Å²) in [6.45, 7) is 1.80. The van der Waals surface area contributed by atoms with Crippen LogP contribution in [0, 0.1) is 18.8 Å². The monoisotopic (exact) mass is 226 g/mol. The van der Waals surface area contributed by atoms with Crippen LogP contribution in [0.3, 0.4) is 0 Å². The van der Waals surface area contributed by atoms with E-state index < -0.39 is 18.3 Å². The van der Waals surface area contributed by atoms with Gasteiger partial charge in [-0.2, -0.15) is 0 Å². The Hall–Kier alpha value is -1.52. The Labute approximate surface area is 91.9 Å². The van der Waals surface area contributed by atoms with Crippen LogP contribution >= 0.6 is 0 Å². The summed E-state index contributed by atoms with van der Waals surface area (Å²) in [6, 6.07) is 3.35. The normalized spacial score (nSPS) is 23.2. The van der Waals surface area contributed by atoms with Crippen molar-refractivity contribution < 1.29 is 13.6 Å². The van der Waals surface area contributed by atoms with Crippen LogP contribution < -0.4 is 5.32 Å². The molecule has 2 rings (SSSR count). The number of carbonyl (C=O) groups is 1. The number of pyridine rings is 1. The van der Waals surface area contributed by atoms with Gasteiger partial charge < -0.3 is 5.32 Å². The van der Waals surface area contributed by atoms with Gasteiger partial charge in [-0.1, -0.05) is 0 Å². The maximum absolute atomic E-state index is 12.2. The molecule has 0 spiro atoms. The van der Waals surface area contributed by atoms with Crippen LogP contribution in [0.2, 0.25) is 0 Å². The van der Waals surface area contributed by atoms with Gasteiger partial charge >= 0.3 is 0 Å². The lowest BCUT2D eigenvalue weighted by molar-refractivity contribution is -0.118. The number of nitrogens with one attached hydrogen (secondary N) is 1. The third-order valence-corrected chi connectivity index (χ3v) is 2.66. The van der Waals surface area contributed by atoms with Gasteiger partial charge in [-0.05, 0) is 25.5 Å². The molecule has 1 saturated carbocycles. The summed E-state index contributed by atoms with van der Waals surface area (Å²) in [5, 5.41) is 2.62. The summed E-state index contributed by atoms with van der Waals surface area (Å²) >= 11 is 0. The molecule has 1 fully saturated rings. The Morgan fingerprint density at radius 2 is 2.38 bits per heavy atom. The average Bonchev–Trinajstić information content (AvgIpc) is 2.96. The molecule has 1 aromatic rings. The van der Waals surface area contributed by atoms with Crippen molar-refractivity contribution >= 4 is 11.6 Å². The van der Waals surface area contributed by atoms with Crippen LogP contribution in [-0.4, -0.2) is 17.3 Å². The summed E-state index contributed by atoms with van der Waals surface area (Å²) in [5.74, 6) is -1.62. The predicted octanol–water partition coefficient (Wildman–Crippen LogP) is 2.23. The van der Waals surface area contributed by atoms with Crippen molar-refractivity contribution in [1.29, 1.82) is 0 Å². The fourth-order valence-electron chi connectivity index (χ4n) is 1.65. The molecular weight excluding hydrogens is 214 g/mol. The standard InChI is InChI=1S/C11H12F2N2O/c1-6-4-7(2-3-14-6)15-11(16)9-5-8(9)10(12)13/h2-4,8-10H,5H2,1H3,(H,14,15,16)/t8-,9-/m0/s1. The summed E-state index contributed by atoms with van der Waals surface area (Å²) in [4.78, 5) is 15.5. The lowest BCUT2D eigenvalue weighted by Gasteiger charge is -2.04. The molecule has 1 aliphatic rings. The molecule has 2 atom stereocenters. The molecule has 0 saturated heterocycles. The van der Waals surface area contributed by atoms with Gasteiger partial charge in [0.25, 0.3) is 0 Å². The van der Waals surface area contributed by atoms with Crippen LogP contribution in [-0.2, 0) is 4.79 Å². The first-order valence-corrected chi connectivity index (χ1v) is 5.09. The van der Waals surface area contributed by atoms with E-state index in [0.717, 1.165) is 5.69 Å². The van der Waals surface area contributed by atoms with Gasteiger partial charge in [-0.3, -0.25) is 9.78 Å². The fourth-order valence-corrected chi connectivity index (χ4v) is 1.65. The largest absolute Gasteiger partial charge is 0.326 e. The van der Waals surface area contributed by atoms with E-state index >= 15 is 0 Å². The van der Waals surface area contributed by atoms with Gasteiger partial charge in [0.2, 0.25) is 12.3 Å². The third-order valence-electron chi connectivity index (χ3n) is 2.66. The molecule has 1 heterocycles. The Kier molecular flexibility index (Phi) is 2.85. The van der Waals surface area contributed by atoms with E-state index in [1.165, 1.54) is 0 Å². The number of aryl methyl sites for hydroxylation is 1. The van der Waals surface area contributed by atoms with Crippen LogP contribution in [0.4, 0.5) is 14.5 Å². The zero-order chi connectivity index (χ0) is 11.7. The Morgan fingerprint density at radius 1 is 1.62 bits per heavy atom. The highest BCUT2D eigenvalue weighted by Crippen LogP contribution is 2.43. The van der Waals surface area contributed by atoms with Gasteiger partial charge in [0, 0.05) is 29.4 Å². The first kappa shape index (κ1) is 11.0. The van der Waals surface area contributed by atoms with E-state index in [9.17, 15) is 13.6 Å². The Morgan fingerprint density at radius 3 is 2.94 bits per heavy atom. The first-order chi connectivity index (χ1) is 7.58. The predicted molar refractivity (Wildman–Crippen MR) is 55.2 cm³/mol. The van der Waals surface area contributed by atoms with Gasteiger partial charge in [-0.15, -0.1) is 0 Å². The van der Waals surface area contributed by atoms with Crippen LogP contribution in [0.1, 0.15) is 12.1 Å². The number of rotatable bonds is 3. The highest BCUT2D eigenvalue weighted by atomic mass is 19.3. The second-order valence-corrected chi connectivity index (χ2v) is 4.02. The smallest absolute Gasteiger partial charge is 0.242 e. The molecule has 16 heavy (non-hydrogen) atoms. The SMILES string of the molecule is Cc1cc(NC(=O)[C@H]2C[C@@H]2C(F)F)ccn1. The Bertz CT molecular complexity index is 409. The van der Waals surface area contributed by atoms with Gasteiger partial charge in [0.1, 0.15) is 0 Å². The molecule has 1 amide bonds. The molecule has 3 nitrogen and oxygen atoms in total. The van der Waals surface area contributed by atoms with E-state index in [1.54, 1.807) is 25.3 Å². The first-order valence-electron chi connectivity index (χ1n) is 5.09. The average molecular weight is 226 g/mol. The zero-order valence-electron chi connectivity index (χ0n) is 8.78. The van der Waals surface area contributed by atoms with Gasteiger partial charge in [0.15, 0.2) is 0 Å². The summed E-state index contributed by atoms with van der Waals surface area (Å²) in [6.07, 6.45) is -0.536. The molecule has 5 heteroatoms. The molecule has 1 N–H and O–H groups in total. The third kappa shape index (κ3) is 2.35. The number of hydrogen-bond acceptors (Lipinski definition) is 2. The molecule has 0 aliphatic heterocycles. The maximum atomic E-state index is 12.2. The zero-order valence-corrected chi connectivity index (χ0v) is 8.78. The summed E-state index contributed by atoms with van der Waals surface area (Å²) in [5.41, 5.74) is 1.39. The number of carbonyl (C=O) groups excluding carboxylic acids is 1. The van der Waals surface area contributed by atoms with Crippen molar-refractivity contribution in [3.8, 4) is 0 Å². The molecule has 86 valence electrons.